The van der Waals surface area contributed by atoms with Crippen LogP contribution in [0.4, 0.5) is 0 Å². The second-order valence-electron chi connectivity index (χ2n) is 7.81. The highest BCUT2D eigenvalue weighted by Crippen LogP contribution is 2.26. The number of benzene rings is 1. The van der Waals surface area contributed by atoms with Gasteiger partial charge in [0.1, 0.15) is 11.2 Å². The summed E-state index contributed by atoms with van der Waals surface area (Å²) in [7, 11) is 0. The molecule has 176 valence electrons. The van der Waals surface area contributed by atoms with Crippen LogP contribution in [-0.2, 0) is 6.54 Å². The Morgan fingerprint density at radius 1 is 1.20 bits per heavy atom. The van der Waals surface area contributed by atoms with Crippen molar-refractivity contribution in [3.05, 3.63) is 98.4 Å². The van der Waals surface area contributed by atoms with Gasteiger partial charge < -0.3 is 19.4 Å². The Labute approximate surface area is 208 Å². The van der Waals surface area contributed by atoms with Gasteiger partial charge in [-0.3, -0.25) is 9.59 Å². The Hall–Kier alpha value is -3.95. The fourth-order valence-electron chi connectivity index (χ4n) is 3.74. The highest BCUT2D eigenvalue weighted by Gasteiger charge is 2.19. The first-order valence-electron chi connectivity index (χ1n) is 10.6. The minimum atomic E-state index is -0.600. The zero-order valence-corrected chi connectivity index (χ0v) is 19.8. The van der Waals surface area contributed by atoms with Gasteiger partial charge in [-0.15, -0.1) is 0 Å². The van der Waals surface area contributed by atoms with Crippen LogP contribution in [0.5, 0.6) is 0 Å². The van der Waals surface area contributed by atoms with Crippen molar-refractivity contribution >= 4 is 40.1 Å². The van der Waals surface area contributed by atoms with E-state index >= 15 is 0 Å². The molecule has 2 N–H and O–H groups in total. The topological polar surface area (TPSA) is 119 Å². The van der Waals surface area contributed by atoms with Gasteiger partial charge in [0.25, 0.3) is 17.4 Å². The number of hydrogen-bond acceptors (Lipinski definition) is 6. The number of halogens is 2. The van der Waals surface area contributed by atoms with Gasteiger partial charge in [0.2, 0.25) is 0 Å². The average Bonchev–Trinajstić information content (AvgIpc) is 3.50. The van der Waals surface area contributed by atoms with E-state index in [-0.39, 0.29) is 34.9 Å². The zero-order chi connectivity index (χ0) is 24.5. The van der Waals surface area contributed by atoms with Crippen LogP contribution in [0.25, 0.3) is 22.5 Å². The first kappa shape index (κ1) is 22.8. The molecule has 0 bridgehead atoms. The van der Waals surface area contributed by atoms with Gasteiger partial charge in [-0.2, -0.15) is 4.98 Å². The second-order valence-corrected chi connectivity index (χ2v) is 8.69. The summed E-state index contributed by atoms with van der Waals surface area (Å²) in [5.41, 5.74) is 1.67. The molecule has 11 heteroatoms. The largest absolute Gasteiger partial charge is 0.345 e. The molecule has 5 aromatic rings. The van der Waals surface area contributed by atoms with Gasteiger partial charge in [0.05, 0.1) is 23.2 Å². The normalized spacial score (nSPS) is 12.1. The van der Waals surface area contributed by atoms with E-state index < -0.39 is 11.5 Å². The van der Waals surface area contributed by atoms with Crippen LogP contribution < -0.4 is 10.9 Å². The van der Waals surface area contributed by atoms with Crippen LogP contribution in [0, 0.1) is 0 Å². The molecule has 1 atom stereocenters. The van der Waals surface area contributed by atoms with Crippen molar-refractivity contribution in [2.45, 2.75) is 19.5 Å². The summed E-state index contributed by atoms with van der Waals surface area (Å²) >= 11 is 12.2. The number of carbonyl (C=O) groups is 1. The number of hydrogen-bond donors (Lipinski definition) is 2. The van der Waals surface area contributed by atoms with E-state index in [9.17, 15) is 9.59 Å². The van der Waals surface area contributed by atoms with Crippen molar-refractivity contribution in [3.8, 4) is 11.5 Å². The molecule has 0 saturated carbocycles. The zero-order valence-electron chi connectivity index (χ0n) is 18.3. The summed E-state index contributed by atoms with van der Waals surface area (Å²) in [5, 5.41) is 8.26. The van der Waals surface area contributed by atoms with Gasteiger partial charge in [0.15, 0.2) is 5.82 Å². The molecule has 35 heavy (non-hydrogen) atoms. The van der Waals surface area contributed by atoms with Crippen LogP contribution >= 0.6 is 23.2 Å². The lowest BCUT2D eigenvalue weighted by molar-refractivity contribution is 0.0947. The maximum Gasteiger partial charge on any atom is 0.264 e. The highest BCUT2D eigenvalue weighted by molar-refractivity contribution is 6.31. The summed E-state index contributed by atoms with van der Waals surface area (Å²) in [5.74, 6) is -0.0592. The number of rotatable bonds is 6. The third kappa shape index (κ3) is 4.55. The monoisotopic (exact) mass is 508 g/mol. The lowest BCUT2D eigenvalue weighted by Crippen LogP contribution is -2.34. The van der Waals surface area contributed by atoms with Crippen molar-refractivity contribution in [2.75, 3.05) is 0 Å². The number of carbonyl (C=O) groups excluding carboxylic acids is 1. The number of pyridine rings is 2. The molecule has 9 nitrogen and oxygen atoms in total. The Balaban J connectivity index is 1.34. The number of aromatic amines is 1. The lowest BCUT2D eigenvalue weighted by Gasteiger charge is -2.17. The molecule has 0 aliphatic carbocycles. The van der Waals surface area contributed by atoms with Gasteiger partial charge in [-0.25, -0.2) is 4.98 Å². The first-order chi connectivity index (χ1) is 16.9. The lowest BCUT2D eigenvalue weighted by atomic mass is 10.1. The van der Waals surface area contributed by atoms with Crippen LogP contribution in [0.2, 0.25) is 10.0 Å². The van der Waals surface area contributed by atoms with E-state index in [2.05, 4.69) is 25.4 Å². The molecule has 0 saturated heterocycles. The van der Waals surface area contributed by atoms with Crippen LogP contribution in [0.1, 0.15) is 34.7 Å². The van der Waals surface area contributed by atoms with Crippen molar-refractivity contribution in [3.63, 3.8) is 0 Å². The molecule has 0 fully saturated rings. The summed E-state index contributed by atoms with van der Waals surface area (Å²) in [4.78, 5) is 37.6. The molecular formula is C24H18Cl2N6O3. The fraction of sp³-hybridized carbons (Fsp3) is 0.125. The number of nitrogens with zero attached hydrogens (tertiary/aromatic N) is 4. The molecule has 0 spiro atoms. The van der Waals surface area contributed by atoms with Crippen LogP contribution in [0.15, 0.2) is 70.4 Å². The summed E-state index contributed by atoms with van der Waals surface area (Å²) in [6.07, 6.45) is 4.91. The predicted octanol–water partition coefficient (Wildman–Crippen LogP) is 4.62. The molecule has 0 aliphatic rings. The SMILES string of the molecule is C[C@@H](c1ccc(Cl)cc1)n1cc(Cl)cc(C(=O)NCc2noc(-c3c[nH]c4ncccc34)n2)c1=O. The van der Waals surface area contributed by atoms with E-state index in [1.54, 1.807) is 24.5 Å². The molecular weight excluding hydrogens is 491 g/mol. The molecule has 4 aromatic heterocycles. The molecule has 5 rings (SSSR count). The Morgan fingerprint density at radius 2 is 2.00 bits per heavy atom. The van der Waals surface area contributed by atoms with Crippen molar-refractivity contribution in [2.24, 2.45) is 0 Å². The summed E-state index contributed by atoms with van der Waals surface area (Å²) in [6, 6.07) is 11.8. The van der Waals surface area contributed by atoms with Crippen LogP contribution in [0.3, 0.4) is 0 Å². The highest BCUT2D eigenvalue weighted by atomic mass is 35.5. The second kappa shape index (κ2) is 9.36. The average molecular weight is 509 g/mol. The number of amides is 1. The van der Waals surface area contributed by atoms with E-state index in [0.29, 0.717) is 16.2 Å². The minimum Gasteiger partial charge on any atom is -0.345 e. The molecule has 0 unspecified atom stereocenters. The van der Waals surface area contributed by atoms with Gasteiger partial charge >= 0.3 is 0 Å². The maximum absolute atomic E-state index is 13.1. The summed E-state index contributed by atoms with van der Waals surface area (Å²) < 4.78 is 6.76. The molecule has 1 amide bonds. The summed E-state index contributed by atoms with van der Waals surface area (Å²) in [6.45, 7) is 1.80. The van der Waals surface area contributed by atoms with Crippen LogP contribution in [-0.4, -0.2) is 30.6 Å². The minimum absolute atomic E-state index is 0.0400. The van der Waals surface area contributed by atoms with E-state index in [1.165, 1.54) is 16.8 Å². The Morgan fingerprint density at radius 3 is 2.80 bits per heavy atom. The van der Waals surface area contributed by atoms with Gasteiger partial charge in [-0.05, 0) is 42.8 Å². The third-order valence-corrected chi connectivity index (χ3v) is 6.04. The smallest absolute Gasteiger partial charge is 0.264 e. The molecule has 4 heterocycles. The number of fused-ring (bicyclic) bond motifs is 1. The molecule has 0 radical (unpaired) electrons. The van der Waals surface area contributed by atoms with Crippen molar-refractivity contribution in [1.29, 1.82) is 0 Å². The predicted molar refractivity (Wildman–Crippen MR) is 132 cm³/mol. The Bertz CT molecular complexity index is 1590. The maximum atomic E-state index is 13.1. The number of aromatic nitrogens is 5. The molecule has 1 aromatic carbocycles. The van der Waals surface area contributed by atoms with Gasteiger partial charge in [-0.1, -0.05) is 40.5 Å². The van der Waals surface area contributed by atoms with E-state index in [0.717, 1.165) is 10.9 Å². The quantitative estimate of drug-likeness (QED) is 0.345. The molecule has 0 aliphatic heterocycles. The van der Waals surface area contributed by atoms with E-state index in [1.807, 2.05) is 31.2 Å². The third-order valence-electron chi connectivity index (χ3n) is 5.58. The number of H-pyrrole nitrogens is 1. The van der Waals surface area contributed by atoms with Gasteiger partial charge in [0, 0.05) is 29.0 Å². The van der Waals surface area contributed by atoms with E-state index in [4.69, 9.17) is 27.7 Å². The fourth-order valence-corrected chi connectivity index (χ4v) is 4.08. The first-order valence-corrected chi connectivity index (χ1v) is 11.4. The van der Waals surface area contributed by atoms with Crippen molar-refractivity contribution < 1.29 is 9.32 Å². The number of nitrogens with one attached hydrogen (secondary N) is 2. The Kier molecular flexibility index (Phi) is 6.10. The standard InChI is InChI=1S/C24H18Cl2N6O3/c1-13(14-4-6-15(25)7-5-14)32-12-16(26)9-18(24(32)34)22(33)29-11-20-30-23(35-31-20)19-10-28-21-17(19)3-2-8-27-21/h2-10,12-13H,11H2,1H3,(H,27,28)(H,29,33)/t13-/m0/s1. The van der Waals surface area contributed by atoms with Crippen molar-refractivity contribution in [1.82, 2.24) is 30.0 Å².